The fraction of sp³-hybridized carbons (Fsp3) is 0.118. The Hall–Kier alpha value is -6.04. The van der Waals surface area contributed by atoms with Crippen molar-refractivity contribution in [1.29, 1.82) is 0 Å². The molecule has 0 aliphatic rings. The van der Waals surface area contributed by atoms with Gasteiger partial charge in [-0.2, -0.15) is 10.2 Å². The van der Waals surface area contributed by atoms with Crippen molar-refractivity contribution in [2.24, 2.45) is 0 Å². The molecule has 10 nitrogen and oxygen atoms in total. The third kappa shape index (κ3) is 7.18. The van der Waals surface area contributed by atoms with E-state index in [4.69, 9.17) is 10.2 Å². The van der Waals surface area contributed by atoms with Crippen LogP contribution in [0.5, 0.6) is 0 Å². The molecular formula is C34H28F2N8O2. The Morgan fingerprint density at radius 2 is 0.935 bits per heavy atom. The Balaban J connectivity index is 1.19. The summed E-state index contributed by atoms with van der Waals surface area (Å²) in [6, 6.07) is 21.7. The van der Waals surface area contributed by atoms with Crippen LogP contribution < -0.4 is 10.6 Å². The zero-order valence-electron chi connectivity index (χ0n) is 24.5. The Morgan fingerprint density at radius 1 is 0.565 bits per heavy atom. The number of benzene rings is 2. The molecule has 0 saturated heterocycles. The Labute approximate surface area is 262 Å². The lowest BCUT2D eigenvalue weighted by atomic mass is 10.2. The number of hydrogen-bond donors (Lipinski definition) is 2. The second kappa shape index (κ2) is 13.7. The molecule has 0 aliphatic heterocycles. The zero-order chi connectivity index (χ0) is 31.9. The number of amides is 2. The second-order valence-corrected chi connectivity index (χ2v) is 10.4. The van der Waals surface area contributed by atoms with Crippen molar-refractivity contribution >= 4 is 23.2 Å². The van der Waals surface area contributed by atoms with Gasteiger partial charge in [-0.05, 0) is 97.8 Å². The van der Waals surface area contributed by atoms with Crippen LogP contribution in [0, 0.1) is 11.6 Å². The number of anilines is 2. The predicted octanol–water partition coefficient (Wildman–Crippen LogP) is 6.47. The maximum atomic E-state index is 13.4. The number of carbonyl (C=O) groups is 2. The third-order valence-corrected chi connectivity index (χ3v) is 7.17. The summed E-state index contributed by atoms with van der Waals surface area (Å²) in [4.78, 5) is 34.7. The average molecular weight is 619 g/mol. The van der Waals surface area contributed by atoms with Crippen molar-refractivity contribution < 1.29 is 18.4 Å². The van der Waals surface area contributed by atoms with Crippen molar-refractivity contribution in [3.8, 4) is 22.5 Å². The molecule has 0 fully saturated rings. The van der Waals surface area contributed by atoms with E-state index in [9.17, 15) is 18.4 Å². The molecule has 6 aromatic rings. The molecule has 0 aliphatic carbocycles. The summed E-state index contributed by atoms with van der Waals surface area (Å²) in [5.41, 5.74) is 4.44. The molecule has 0 spiro atoms. The number of nitrogens with zero attached hydrogens (tertiary/aromatic N) is 6. The van der Waals surface area contributed by atoms with Gasteiger partial charge in [0.25, 0.3) is 11.8 Å². The highest BCUT2D eigenvalue weighted by molar-refractivity contribution is 6.04. The number of nitrogens with one attached hydrogen (secondary N) is 2. The van der Waals surface area contributed by atoms with E-state index in [2.05, 4.69) is 20.6 Å². The highest BCUT2D eigenvalue weighted by Gasteiger charge is 2.19. The van der Waals surface area contributed by atoms with E-state index >= 15 is 0 Å². The molecule has 0 atom stereocenters. The topological polar surface area (TPSA) is 120 Å². The van der Waals surface area contributed by atoms with Crippen LogP contribution in [0.25, 0.3) is 22.5 Å². The van der Waals surface area contributed by atoms with Gasteiger partial charge in [-0.15, -0.1) is 0 Å². The maximum Gasteiger partial charge on any atom is 0.273 e. The van der Waals surface area contributed by atoms with Crippen molar-refractivity contribution in [3.05, 3.63) is 133 Å². The summed E-state index contributed by atoms with van der Waals surface area (Å²) in [5, 5.41) is 15.0. The lowest BCUT2D eigenvalue weighted by Crippen LogP contribution is -2.19. The number of rotatable bonds is 11. The lowest BCUT2D eigenvalue weighted by molar-refractivity contribution is 0.100. The van der Waals surface area contributed by atoms with Crippen LogP contribution in [-0.2, 0) is 13.1 Å². The smallest absolute Gasteiger partial charge is 0.273 e. The molecule has 230 valence electrons. The largest absolute Gasteiger partial charge is 0.321 e. The van der Waals surface area contributed by atoms with Gasteiger partial charge in [-0.25, -0.2) is 8.78 Å². The quantitative estimate of drug-likeness (QED) is 0.161. The zero-order valence-corrected chi connectivity index (χ0v) is 24.5. The minimum absolute atomic E-state index is 0.342. The molecule has 4 heterocycles. The van der Waals surface area contributed by atoms with Crippen LogP contribution >= 0.6 is 0 Å². The summed E-state index contributed by atoms with van der Waals surface area (Å²) in [6.07, 6.45) is 7.83. The van der Waals surface area contributed by atoms with Crippen molar-refractivity contribution in [2.45, 2.75) is 25.9 Å². The standard InChI is InChI=1S/C34H28F2N8O2/c35-25-3-7-27(8-4-25)39-33(45)31-21-29(23-11-15-37-16-12-23)41-43(31)19-1-2-20-44-32(22-30(42-44)24-13-17-38-18-14-24)34(46)40-28-9-5-26(36)6-10-28/h3-18,21-22H,1-2,19-20H2,(H,39,45)(H,40,46). The molecule has 0 saturated carbocycles. The van der Waals surface area contributed by atoms with Crippen molar-refractivity contribution in [2.75, 3.05) is 10.6 Å². The summed E-state index contributed by atoms with van der Waals surface area (Å²) in [7, 11) is 0. The second-order valence-electron chi connectivity index (χ2n) is 10.4. The normalized spacial score (nSPS) is 10.9. The SMILES string of the molecule is O=C(Nc1ccc(F)cc1)c1cc(-c2ccncc2)nn1CCCCn1nc(-c2ccncc2)cc1C(=O)Nc1ccc(F)cc1. The Bertz CT molecular complexity index is 1800. The monoisotopic (exact) mass is 618 g/mol. The minimum Gasteiger partial charge on any atom is -0.321 e. The van der Waals surface area contributed by atoms with Crippen LogP contribution in [0.2, 0.25) is 0 Å². The molecule has 46 heavy (non-hydrogen) atoms. The van der Waals surface area contributed by atoms with Gasteiger partial charge in [0.05, 0.1) is 11.4 Å². The lowest BCUT2D eigenvalue weighted by Gasteiger charge is -2.10. The molecule has 2 aromatic carbocycles. The van der Waals surface area contributed by atoms with E-state index in [0.29, 0.717) is 60.1 Å². The minimum atomic E-state index is -0.399. The van der Waals surface area contributed by atoms with Gasteiger partial charge >= 0.3 is 0 Å². The molecule has 6 rings (SSSR count). The average Bonchev–Trinajstić information content (AvgIpc) is 3.71. The molecule has 12 heteroatoms. The van der Waals surface area contributed by atoms with E-state index in [0.717, 1.165) is 11.1 Å². The first kappa shape index (κ1) is 30.0. The fourth-order valence-electron chi connectivity index (χ4n) is 4.85. The van der Waals surface area contributed by atoms with E-state index in [1.807, 2.05) is 24.3 Å². The van der Waals surface area contributed by atoms with Crippen LogP contribution in [0.1, 0.15) is 33.8 Å². The van der Waals surface area contributed by atoms with Gasteiger partial charge < -0.3 is 10.6 Å². The predicted molar refractivity (Wildman–Crippen MR) is 169 cm³/mol. The Morgan fingerprint density at radius 3 is 1.30 bits per heavy atom. The number of halogens is 2. The first-order valence-electron chi connectivity index (χ1n) is 14.5. The fourth-order valence-corrected chi connectivity index (χ4v) is 4.85. The highest BCUT2D eigenvalue weighted by atomic mass is 19.1. The molecule has 2 N–H and O–H groups in total. The first-order chi connectivity index (χ1) is 22.4. The molecule has 0 radical (unpaired) electrons. The van der Waals surface area contributed by atoms with Gasteiger partial charge in [0.15, 0.2) is 0 Å². The van der Waals surface area contributed by atoms with Crippen molar-refractivity contribution in [3.63, 3.8) is 0 Å². The van der Waals surface area contributed by atoms with E-state index in [1.165, 1.54) is 48.5 Å². The molecule has 2 amide bonds. The van der Waals surface area contributed by atoms with E-state index in [1.54, 1.807) is 46.3 Å². The van der Waals surface area contributed by atoms with Gasteiger partial charge in [0.1, 0.15) is 23.0 Å². The first-order valence-corrected chi connectivity index (χ1v) is 14.5. The third-order valence-electron chi connectivity index (χ3n) is 7.17. The molecule has 0 unspecified atom stereocenters. The summed E-state index contributed by atoms with van der Waals surface area (Å²) < 4.78 is 30.1. The number of aromatic nitrogens is 6. The maximum absolute atomic E-state index is 13.4. The number of aryl methyl sites for hydroxylation is 2. The number of hydrogen-bond acceptors (Lipinski definition) is 6. The number of pyridine rings is 2. The summed E-state index contributed by atoms with van der Waals surface area (Å²) >= 11 is 0. The van der Waals surface area contributed by atoms with Gasteiger partial charge in [0, 0.05) is 60.4 Å². The van der Waals surface area contributed by atoms with E-state index < -0.39 is 11.6 Å². The Kier molecular flexibility index (Phi) is 8.95. The summed E-state index contributed by atoms with van der Waals surface area (Å²) in [5.74, 6) is -1.56. The van der Waals surface area contributed by atoms with Gasteiger partial charge in [-0.1, -0.05) is 0 Å². The number of carbonyl (C=O) groups excluding carboxylic acids is 2. The van der Waals surface area contributed by atoms with E-state index in [-0.39, 0.29) is 11.8 Å². The van der Waals surface area contributed by atoms with Crippen molar-refractivity contribution in [1.82, 2.24) is 29.5 Å². The van der Waals surface area contributed by atoms with Crippen LogP contribution in [0.15, 0.2) is 110 Å². The number of unbranched alkanes of at least 4 members (excludes halogenated alkanes) is 1. The van der Waals surface area contributed by atoms with Gasteiger partial charge in [0.2, 0.25) is 0 Å². The molecule has 4 aromatic heterocycles. The highest BCUT2D eigenvalue weighted by Crippen LogP contribution is 2.22. The van der Waals surface area contributed by atoms with Crippen LogP contribution in [0.3, 0.4) is 0 Å². The van der Waals surface area contributed by atoms with Crippen LogP contribution in [0.4, 0.5) is 20.2 Å². The molecular weight excluding hydrogens is 590 g/mol. The summed E-state index contributed by atoms with van der Waals surface area (Å²) in [6.45, 7) is 0.819. The van der Waals surface area contributed by atoms with Crippen LogP contribution in [-0.4, -0.2) is 41.3 Å². The van der Waals surface area contributed by atoms with Gasteiger partial charge in [-0.3, -0.25) is 28.9 Å². The molecule has 0 bridgehead atoms.